The fourth-order valence-corrected chi connectivity index (χ4v) is 5.01. The second kappa shape index (κ2) is 8.58. The standard InChI is InChI=1S/C28H25N5O2/c1-16-12-30-25(13-29-16)18-7-5-17(6-8-18)19-3-2-4-21-20(19)9-10-24(21)33-27-15-31-26(14-32-27)22-11-23(22)28(34)35/h2-8,12-15,22-24H,9-11H2,1H3,(H,32,33)(H,34,35)/t22-,23-,24-/m1/s1. The molecule has 0 radical (unpaired) electrons. The average molecular weight is 464 g/mol. The van der Waals surface area contributed by atoms with Crippen molar-refractivity contribution in [1.82, 2.24) is 19.9 Å². The zero-order chi connectivity index (χ0) is 23.9. The summed E-state index contributed by atoms with van der Waals surface area (Å²) in [4.78, 5) is 28.9. The fourth-order valence-electron chi connectivity index (χ4n) is 5.01. The van der Waals surface area contributed by atoms with Crippen LogP contribution in [0.1, 0.15) is 47.3 Å². The molecule has 2 aromatic heterocycles. The van der Waals surface area contributed by atoms with Gasteiger partial charge in [0.2, 0.25) is 0 Å². The number of rotatable bonds is 6. The molecule has 174 valence electrons. The van der Waals surface area contributed by atoms with E-state index in [9.17, 15) is 4.79 Å². The van der Waals surface area contributed by atoms with Crippen molar-refractivity contribution in [2.75, 3.05) is 5.32 Å². The van der Waals surface area contributed by atoms with Gasteiger partial charge < -0.3 is 10.4 Å². The van der Waals surface area contributed by atoms with Crippen LogP contribution >= 0.6 is 0 Å². The Morgan fingerprint density at radius 1 is 0.943 bits per heavy atom. The van der Waals surface area contributed by atoms with E-state index in [1.54, 1.807) is 18.6 Å². The Kier molecular flexibility index (Phi) is 5.25. The SMILES string of the molecule is Cc1cnc(-c2ccc(-c3cccc4c3CC[C@H]4Nc3cnc([C@@H]4C[C@H]4C(=O)O)cn3)cc2)cn1. The van der Waals surface area contributed by atoms with Crippen LogP contribution in [0.2, 0.25) is 0 Å². The first-order valence-corrected chi connectivity index (χ1v) is 11.9. The molecule has 7 nitrogen and oxygen atoms in total. The average Bonchev–Trinajstić information content (AvgIpc) is 3.60. The monoisotopic (exact) mass is 463 g/mol. The van der Waals surface area contributed by atoms with E-state index in [-0.39, 0.29) is 17.9 Å². The van der Waals surface area contributed by atoms with Crippen molar-refractivity contribution in [2.45, 2.75) is 38.1 Å². The topological polar surface area (TPSA) is 101 Å². The molecule has 2 N–H and O–H groups in total. The van der Waals surface area contributed by atoms with Crippen molar-refractivity contribution in [3.8, 4) is 22.4 Å². The number of aryl methyl sites for hydroxylation is 1. The summed E-state index contributed by atoms with van der Waals surface area (Å²) < 4.78 is 0. The van der Waals surface area contributed by atoms with Gasteiger partial charge in [0.1, 0.15) is 5.82 Å². The lowest BCUT2D eigenvalue weighted by molar-refractivity contribution is -0.138. The van der Waals surface area contributed by atoms with Crippen LogP contribution < -0.4 is 5.32 Å². The van der Waals surface area contributed by atoms with Gasteiger partial charge in [-0.25, -0.2) is 4.98 Å². The summed E-state index contributed by atoms with van der Waals surface area (Å²) in [6, 6.07) is 15.2. The van der Waals surface area contributed by atoms with Gasteiger partial charge in [-0.15, -0.1) is 0 Å². The minimum atomic E-state index is -0.754. The third-order valence-electron chi connectivity index (χ3n) is 7.02. The van der Waals surface area contributed by atoms with Gasteiger partial charge in [0.25, 0.3) is 0 Å². The Morgan fingerprint density at radius 3 is 2.46 bits per heavy atom. The van der Waals surface area contributed by atoms with Crippen LogP contribution in [0.4, 0.5) is 5.82 Å². The van der Waals surface area contributed by atoms with Crippen LogP contribution in [0.5, 0.6) is 0 Å². The van der Waals surface area contributed by atoms with Gasteiger partial charge in [0, 0.05) is 17.7 Å². The molecule has 4 aromatic rings. The van der Waals surface area contributed by atoms with E-state index in [1.807, 2.05) is 13.1 Å². The molecule has 1 saturated carbocycles. The van der Waals surface area contributed by atoms with Crippen LogP contribution in [0, 0.1) is 12.8 Å². The van der Waals surface area contributed by atoms with E-state index in [0.29, 0.717) is 12.2 Å². The fraction of sp³-hybridized carbons (Fsp3) is 0.250. The molecule has 2 aliphatic carbocycles. The van der Waals surface area contributed by atoms with Gasteiger partial charge in [-0.2, -0.15) is 0 Å². The second-order valence-corrected chi connectivity index (χ2v) is 9.34. The molecule has 0 amide bonds. The highest BCUT2D eigenvalue weighted by atomic mass is 16.4. The molecular formula is C28H25N5O2. The molecule has 0 spiro atoms. The summed E-state index contributed by atoms with van der Waals surface area (Å²) in [5, 5.41) is 12.7. The van der Waals surface area contributed by atoms with Crippen molar-refractivity contribution < 1.29 is 9.90 Å². The maximum Gasteiger partial charge on any atom is 0.307 e. The Hall–Kier alpha value is -4.13. The van der Waals surface area contributed by atoms with Crippen LogP contribution in [0.3, 0.4) is 0 Å². The Bertz CT molecular complexity index is 1380. The lowest BCUT2D eigenvalue weighted by atomic mass is 9.95. The largest absolute Gasteiger partial charge is 0.481 e. The summed E-state index contributed by atoms with van der Waals surface area (Å²) in [5.74, 6) is -0.362. The molecule has 0 bridgehead atoms. The summed E-state index contributed by atoms with van der Waals surface area (Å²) in [6.45, 7) is 1.93. The quantitative estimate of drug-likeness (QED) is 0.405. The van der Waals surface area contributed by atoms with E-state index in [2.05, 4.69) is 67.7 Å². The Morgan fingerprint density at radius 2 is 1.77 bits per heavy atom. The number of hydrogen-bond donors (Lipinski definition) is 2. The number of fused-ring (bicyclic) bond motifs is 1. The van der Waals surface area contributed by atoms with Crippen molar-refractivity contribution in [2.24, 2.45) is 5.92 Å². The molecule has 1 fully saturated rings. The van der Waals surface area contributed by atoms with E-state index in [1.165, 1.54) is 22.3 Å². The number of anilines is 1. The van der Waals surface area contributed by atoms with Crippen LogP contribution in [-0.2, 0) is 11.2 Å². The zero-order valence-electron chi connectivity index (χ0n) is 19.3. The summed E-state index contributed by atoms with van der Waals surface area (Å²) >= 11 is 0. The first-order valence-electron chi connectivity index (χ1n) is 11.9. The summed E-state index contributed by atoms with van der Waals surface area (Å²) in [6.07, 6.45) is 9.65. The van der Waals surface area contributed by atoms with E-state index in [0.717, 1.165) is 35.5 Å². The Balaban J connectivity index is 1.19. The summed E-state index contributed by atoms with van der Waals surface area (Å²) in [7, 11) is 0. The van der Waals surface area contributed by atoms with E-state index >= 15 is 0 Å². The second-order valence-electron chi connectivity index (χ2n) is 9.34. The maximum atomic E-state index is 11.1. The molecule has 6 rings (SSSR count). The van der Waals surface area contributed by atoms with E-state index in [4.69, 9.17) is 5.11 Å². The molecule has 0 unspecified atom stereocenters. The molecule has 3 atom stereocenters. The van der Waals surface area contributed by atoms with Crippen LogP contribution in [-0.4, -0.2) is 31.0 Å². The van der Waals surface area contributed by atoms with Gasteiger partial charge in [-0.05, 0) is 48.4 Å². The lowest BCUT2D eigenvalue weighted by Gasteiger charge is -2.16. The number of hydrogen-bond acceptors (Lipinski definition) is 6. The van der Waals surface area contributed by atoms with Crippen molar-refractivity contribution in [1.29, 1.82) is 0 Å². The number of carboxylic acid groups (broad SMARTS) is 1. The molecular weight excluding hydrogens is 438 g/mol. The molecule has 0 aliphatic heterocycles. The first-order chi connectivity index (χ1) is 17.1. The van der Waals surface area contributed by atoms with Crippen LogP contribution in [0.15, 0.2) is 67.3 Å². The summed E-state index contributed by atoms with van der Waals surface area (Å²) in [5.41, 5.74) is 8.68. The minimum absolute atomic E-state index is 0.00625. The van der Waals surface area contributed by atoms with Gasteiger partial charge >= 0.3 is 5.97 Å². The number of aliphatic carboxylic acids is 1. The smallest absolute Gasteiger partial charge is 0.307 e. The predicted molar refractivity (Wildman–Crippen MR) is 133 cm³/mol. The molecule has 2 aromatic carbocycles. The normalized spacial score (nSPS) is 20.3. The molecule has 2 aliphatic rings. The van der Waals surface area contributed by atoms with Crippen LogP contribution in [0.25, 0.3) is 22.4 Å². The predicted octanol–water partition coefficient (Wildman–Crippen LogP) is 5.20. The minimum Gasteiger partial charge on any atom is -0.481 e. The van der Waals surface area contributed by atoms with Gasteiger partial charge in [0.15, 0.2) is 0 Å². The van der Waals surface area contributed by atoms with Crippen molar-refractivity contribution in [3.63, 3.8) is 0 Å². The van der Waals surface area contributed by atoms with Crippen molar-refractivity contribution >= 4 is 11.8 Å². The number of nitrogens with one attached hydrogen (secondary N) is 1. The molecule has 35 heavy (non-hydrogen) atoms. The number of aromatic nitrogens is 4. The lowest BCUT2D eigenvalue weighted by Crippen LogP contribution is -2.09. The third kappa shape index (κ3) is 4.14. The van der Waals surface area contributed by atoms with Gasteiger partial charge in [-0.3, -0.25) is 19.7 Å². The van der Waals surface area contributed by atoms with Gasteiger partial charge in [-0.1, -0.05) is 42.5 Å². The number of carboxylic acids is 1. The number of benzene rings is 2. The maximum absolute atomic E-state index is 11.1. The highest BCUT2D eigenvalue weighted by Gasteiger charge is 2.45. The highest BCUT2D eigenvalue weighted by Crippen LogP contribution is 2.46. The molecule has 7 heteroatoms. The molecule has 0 saturated heterocycles. The number of carbonyl (C=O) groups is 1. The van der Waals surface area contributed by atoms with Gasteiger partial charge in [0.05, 0.1) is 47.6 Å². The Labute approximate surface area is 203 Å². The number of nitrogens with zero attached hydrogens (tertiary/aromatic N) is 4. The highest BCUT2D eigenvalue weighted by molar-refractivity contribution is 5.75. The van der Waals surface area contributed by atoms with E-state index < -0.39 is 5.97 Å². The first kappa shape index (κ1) is 21.4. The van der Waals surface area contributed by atoms with Crippen molar-refractivity contribution in [3.05, 3.63) is 89.8 Å². The molecule has 2 heterocycles. The zero-order valence-corrected chi connectivity index (χ0v) is 19.3. The third-order valence-corrected chi connectivity index (χ3v) is 7.02.